The fraction of sp³-hybridized carbons (Fsp3) is 0.500. The molecule has 190 valence electrons. The minimum Gasteiger partial charge on any atom is -0.466 e. The Hall–Kier alpha value is -2.14. The van der Waals surface area contributed by atoms with Crippen molar-refractivity contribution in [3.63, 3.8) is 0 Å². The van der Waals surface area contributed by atoms with E-state index in [1.165, 1.54) is 10.4 Å². The number of carbonyl (C=O) groups is 1. The van der Waals surface area contributed by atoms with Crippen molar-refractivity contribution in [3.05, 3.63) is 60.7 Å². The highest BCUT2D eigenvalue weighted by Crippen LogP contribution is 2.37. The molecule has 0 aliphatic carbocycles. The van der Waals surface area contributed by atoms with Crippen molar-refractivity contribution < 1.29 is 14.0 Å². The Balaban J connectivity index is 2.37. The van der Waals surface area contributed by atoms with Crippen molar-refractivity contribution >= 4 is 32.7 Å². The van der Waals surface area contributed by atoms with E-state index < -0.39 is 16.4 Å². The Kier molecular flexibility index (Phi) is 10.6. The zero-order valence-corrected chi connectivity index (χ0v) is 25.0. The molecule has 0 aliphatic rings. The van der Waals surface area contributed by atoms with Crippen LogP contribution in [0, 0.1) is 23.3 Å². The van der Waals surface area contributed by atoms with E-state index in [0.29, 0.717) is 19.6 Å². The number of ether oxygens (including phenoxy) is 1. The van der Waals surface area contributed by atoms with Gasteiger partial charge in [-0.05, 0) is 35.2 Å². The molecular formula is C30H44O3Si2. The van der Waals surface area contributed by atoms with Gasteiger partial charge in [-0.15, -0.1) is 11.5 Å². The van der Waals surface area contributed by atoms with Crippen LogP contribution in [0.15, 0.2) is 60.7 Å². The number of carbonyl (C=O) groups excluding carboxylic acids is 1. The lowest BCUT2D eigenvalue weighted by Crippen LogP contribution is -2.66. The van der Waals surface area contributed by atoms with E-state index in [1.807, 2.05) is 13.8 Å². The van der Waals surface area contributed by atoms with E-state index in [1.54, 1.807) is 0 Å². The van der Waals surface area contributed by atoms with E-state index in [0.717, 1.165) is 6.42 Å². The summed E-state index contributed by atoms with van der Waals surface area (Å²) in [5.41, 5.74) is 3.53. The zero-order valence-electron chi connectivity index (χ0n) is 23.0. The quantitative estimate of drug-likeness (QED) is 0.223. The van der Waals surface area contributed by atoms with Gasteiger partial charge in [0.05, 0.1) is 12.5 Å². The molecule has 0 aliphatic heterocycles. The van der Waals surface area contributed by atoms with Gasteiger partial charge < -0.3 is 9.16 Å². The minimum absolute atomic E-state index is 0.0621. The van der Waals surface area contributed by atoms with Crippen LogP contribution in [0.4, 0.5) is 0 Å². The third-order valence-corrected chi connectivity index (χ3v) is 12.1. The maximum absolute atomic E-state index is 12.3. The molecule has 0 N–H and O–H groups in total. The van der Waals surface area contributed by atoms with Crippen LogP contribution >= 0.6 is 0 Å². The molecule has 2 aromatic carbocycles. The van der Waals surface area contributed by atoms with Crippen molar-refractivity contribution in [2.75, 3.05) is 13.2 Å². The normalized spacial score (nSPS) is 13.9. The number of rotatable bonds is 10. The van der Waals surface area contributed by atoms with Crippen LogP contribution in [-0.2, 0) is 14.0 Å². The summed E-state index contributed by atoms with van der Waals surface area (Å²) in [6.45, 7) is 18.5. The van der Waals surface area contributed by atoms with E-state index >= 15 is 0 Å². The Morgan fingerprint density at radius 1 is 0.943 bits per heavy atom. The second kappa shape index (κ2) is 12.7. The summed E-state index contributed by atoms with van der Waals surface area (Å²) in [6.07, 6.45) is 1.49. The lowest BCUT2D eigenvalue weighted by Gasteiger charge is -2.43. The smallest absolute Gasteiger partial charge is 0.308 e. The van der Waals surface area contributed by atoms with E-state index in [2.05, 4.69) is 113 Å². The van der Waals surface area contributed by atoms with Crippen LogP contribution in [0.25, 0.3) is 0 Å². The Morgan fingerprint density at radius 3 is 1.89 bits per heavy atom. The molecule has 0 radical (unpaired) electrons. The molecule has 0 spiro atoms. The summed E-state index contributed by atoms with van der Waals surface area (Å²) in [4.78, 5) is 12.3. The van der Waals surface area contributed by atoms with Gasteiger partial charge in [0.1, 0.15) is 8.07 Å². The van der Waals surface area contributed by atoms with E-state index in [9.17, 15) is 4.79 Å². The van der Waals surface area contributed by atoms with Gasteiger partial charge in [0.25, 0.3) is 8.32 Å². The predicted molar refractivity (Wildman–Crippen MR) is 153 cm³/mol. The van der Waals surface area contributed by atoms with Crippen LogP contribution in [0.1, 0.15) is 47.5 Å². The lowest BCUT2D eigenvalue weighted by atomic mass is 9.94. The van der Waals surface area contributed by atoms with Crippen LogP contribution < -0.4 is 10.4 Å². The summed E-state index contributed by atoms with van der Waals surface area (Å²) >= 11 is 0. The van der Waals surface area contributed by atoms with E-state index in [-0.39, 0.29) is 22.8 Å². The first-order valence-corrected chi connectivity index (χ1v) is 18.3. The first kappa shape index (κ1) is 29.1. The number of hydrogen-bond donors (Lipinski definition) is 0. The second-order valence-corrected chi connectivity index (χ2v) is 20.5. The average molecular weight is 509 g/mol. The van der Waals surface area contributed by atoms with Crippen molar-refractivity contribution in [2.45, 2.75) is 72.1 Å². The van der Waals surface area contributed by atoms with Gasteiger partial charge in [0, 0.05) is 12.5 Å². The lowest BCUT2D eigenvalue weighted by molar-refractivity contribution is -0.147. The fourth-order valence-electron chi connectivity index (χ4n) is 4.49. The first-order chi connectivity index (χ1) is 16.4. The summed E-state index contributed by atoms with van der Waals surface area (Å²) in [5.74, 6) is 3.31. The fourth-order valence-corrected chi connectivity index (χ4v) is 9.71. The molecular weight excluding hydrogens is 464 g/mol. The number of esters is 1. The van der Waals surface area contributed by atoms with Gasteiger partial charge in [-0.3, -0.25) is 4.79 Å². The van der Waals surface area contributed by atoms with Gasteiger partial charge >= 0.3 is 5.97 Å². The summed E-state index contributed by atoms with van der Waals surface area (Å²) in [7, 11) is -4.12. The maximum Gasteiger partial charge on any atom is 0.308 e. The van der Waals surface area contributed by atoms with Crippen LogP contribution in [0.2, 0.25) is 24.7 Å². The monoisotopic (exact) mass is 508 g/mol. The SMILES string of the molecule is CCOC(=O)C(C)CC(C#C[Si](C)(C)C)CCO[Si](c1ccccc1)(c1ccccc1)C(C)(C)C. The third-order valence-electron chi connectivity index (χ3n) is 6.18. The van der Waals surface area contributed by atoms with Gasteiger partial charge in [-0.2, -0.15) is 0 Å². The van der Waals surface area contributed by atoms with Crippen molar-refractivity contribution in [1.29, 1.82) is 0 Å². The van der Waals surface area contributed by atoms with Crippen molar-refractivity contribution in [2.24, 2.45) is 11.8 Å². The van der Waals surface area contributed by atoms with Gasteiger partial charge in [0.2, 0.25) is 0 Å². The molecule has 2 rings (SSSR count). The highest BCUT2D eigenvalue weighted by atomic mass is 28.4. The summed E-state index contributed by atoms with van der Waals surface area (Å²) in [5, 5.41) is 2.50. The first-order valence-electron chi connectivity index (χ1n) is 12.8. The molecule has 2 atom stereocenters. The van der Waals surface area contributed by atoms with Gasteiger partial charge in [-0.25, -0.2) is 0 Å². The van der Waals surface area contributed by atoms with Gasteiger partial charge in [-0.1, -0.05) is 108 Å². The Morgan fingerprint density at radius 2 is 1.46 bits per heavy atom. The molecule has 0 amide bonds. The van der Waals surface area contributed by atoms with Gasteiger partial charge in [0.15, 0.2) is 0 Å². The highest BCUT2D eigenvalue weighted by molar-refractivity contribution is 6.99. The molecule has 0 aromatic heterocycles. The molecule has 0 bridgehead atoms. The molecule has 0 saturated carbocycles. The summed E-state index contributed by atoms with van der Waals surface area (Å²) in [6, 6.07) is 21.4. The standard InChI is InChI=1S/C30H44O3Si2/c1-9-32-29(31)25(2)24-26(21-23-34(6,7)8)20-22-33-35(30(3,4)5,27-16-12-10-13-17-27)28-18-14-11-15-19-28/h10-19,25-26H,9,20,22,24H2,1-8H3. The molecule has 0 fully saturated rings. The average Bonchev–Trinajstić information content (AvgIpc) is 2.80. The molecule has 5 heteroatoms. The topological polar surface area (TPSA) is 35.5 Å². The maximum atomic E-state index is 12.3. The number of benzene rings is 2. The largest absolute Gasteiger partial charge is 0.466 e. The molecule has 3 nitrogen and oxygen atoms in total. The summed E-state index contributed by atoms with van der Waals surface area (Å²) < 4.78 is 12.4. The molecule has 2 aromatic rings. The molecule has 35 heavy (non-hydrogen) atoms. The van der Waals surface area contributed by atoms with Crippen LogP contribution in [0.3, 0.4) is 0 Å². The second-order valence-electron chi connectivity index (χ2n) is 11.4. The molecule has 2 unspecified atom stereocenters. The van der Waals surface area contributed by atoms with Crippen molar-refractivity contribution in [1.82, 2.24) is 0 Å². The van der Waals surface area contributed by atoms with E-state index in [4.69, 9.17) is 9.16 Å². The van der Waals surface area contributed by atoms with Crippen molar-refractivity contribution in [3.8, 4) is 11.5 Å². The van der Waals surface area contributed by atoms with Crippen LogP contribution in [-0.4, -0.2) is 35.6 Å². The predicted octanol–water partition coefficient (Wildman–Crippen LogP) is 6.04. The zero-order chi connectivity index (χ0) is 26.1. The minimum atomic E-state index is -2.58. The molecule has 0 saturated heterocycles. The number of hydrogen-bond acceptors (Lipinski definition) is 3. The molecule has 0 heterocycles. The highest BCUT2D eigenvalue weighted by Gasteiger charge is 2.50. The Bertz CT molecular complexity index is 940. The van der Waals surface area contributed by atoms with Crippen LogP contribution in [0.5, 0.6) is 0 Å². The Labute approximate surface area is 215 Å². The third kappa shape index (κ3) is 8.20.